The van der Waals surface area contributed by atoms with Crippen LogP contribution in [0.15, 0.2) is 22.8 Å². The molecule has 0 unspecified atom stereocenters. The largest absolute Gasteiger partial charge is 0.299 e. The van der Waals surface area contributed by atoms with Crippen molar-refractivity contribution in [2.45, 2.75) is 24.0 Å². The first-order chi connectivity index (χ1) is 8.78. The Hall–Kier alpha value is -0.950. The number of pyridine rings is 1. The Bertz CT molecular complexity index is 594. The first-order valence-electron chi connectivity index (χ1n) is 5.87. The van der Waals surface area contributed by atoms with Crippen LogP contribution in [0.4, 0.5) is 5.82 Å². The number of anilines is 1. The Kier molecular flexibility index (Phi) is 3.70. The van der Waals surface area contributed by atoms with Gasteiger partial charge in [0.15, 0.2) is 14.6 Å². The molecule has 1 aliphatic carbocycles. The lowest BCUT2D eigenvalue weighted by Crippen LogP contribution is -2.57. The summed E-state index contributed by atoms with van der Waals surface area (Å²) in [7, 11) is -1.86. The third-order valence-electron chi connectivity index (χ3n) is 3.62. The van der Waals surface area contributed by atoms with Gasteiger partial charge in [-0.15, -0.1) is 0 Å². The Labute approximate surface area is 121 Å². The van der Waals surface area contributed by atoms with Crippen molar-refractivity contribution in [1.82, 2.24) is 4.98 Å². The molecule has 0 radical (unpaired) electrons. The van der Waals surface area contributed by atoms with Crippen LogP contribution in [0, 0.1) is 0 Å². The van der Waals surface area contributed by atoms with E-state index in [1.165, 1.54) is 4.90 Å². The molecule has 1 fully saturated rings. The molecule has 19 heavy (non-hydrogen) atoms. The van der Waals surface area contributed by atoms with Crippen LogP contribution in [0.1, 0.15) is 19.3 Å². The molecule has 1 aromatic heterocycles. The minimum Gasteiger partial charge on any atom is -0.299 e. The first kappa shape index (κ1) is 14.5. The number of halogens is 1. The Balaban J connectivity index is 2.31. The van der Waals surface area contributed by atoms with E-state index in [0.29, 0.717) is 18.7 Å². The average molecular weight is 347 g/mol. The molecule has 0 N–H and O–H groups in total. The summed E-state index contributed by atoms with van der Waals surface area (Å²) in [4.78, 5) is 17.9. The van der Waals surface area contributed by atoms with Crippen molar-refractivity contribution >= 4 is 37.5 Å². The number of nitrogens with zero attached hydrogens (tertiary/aromatic N) is 2. The highest BCUT2D eigenvalue weighted by molar-refractivity contribution is 9.10. The highest BCUT2D eigenvalue weighted by Gasteiger charge is 2.54. The molecule has 1 heterocycles. The first-order valence-corrected chi connectivity index (χ1v) is 8.56. The van der Waals surface area contributed by atoms with E-state index in [-0.39, 0.29) is 0 Å². The van der Waals surface area contributed by atoms with E-state index in [4.69, 9.17) is 0 Å². The SMILES string of the molecule is CN(C(=O)C1(S(C)(=O)=O)CCC1)c1ccc(Br)cn1. The summed E-state index contributed by atoms with van der Waals surface area (Å²) in [6.07, 6.45) is 4.26. The molecule has 1 aromatic rings. The van der Waals surface area contributed by atoms with E-state index in [1.54, 1.807) is 25.4 Å². The molecule has 0 aromatic carbocycles. The molecule has 2 rings (SSSR count). The fraction of sp³-hybridized carbons (Fsp3) is 0.500. The van der Waals surface area contributed by atoms with Gasteiger partial charge in [-0.2, -0.15) is 0 Å². The Morgan fingerprint density at radius 2 is 2.05 bits per heavy atom. The lowest BCUT2D eigenvalue weighted by Gasteiger charge is -2.40. The number of hydrogen-bond donors (Lipinski definition) is 0. The van der Waals surface area contributed by atoms with Gasteiger partial charge in [-0.25, -0.2) is 13.4 Å². The third kappa shape index (κ3) is 2.41. The van der Waals surface area contributed by atoms with Crippen LogP contribution in [-0.2, 0) is 14.6 Å². The topological polar surface area (TPSA) is 67.3 Å². The van der Waals surface area contributed by atoms with Gasteiger partial charge in [-0.3, -0.25) is 9.69 Å². The van der Waals surface area contributed by atoms with Gasteiger partial charge >= 0.3 is 0 Å². The zero-order valence-corrected chi connectivity index (χ0v) is 13.2. The van der Waals surface area contributed by atoms with Crippen molar-refractivity contribution in [2.24, 2.45) is 0 Å². The standard InChI is InChI=1S/C12H15BrN2O3S/c1-15(10-5-4-9(13)8-14-10)11(16)12(6-3-7-12)19(2,17)18/h4-5,8H,3,6-7H2,1-2H3. The zero-order valence-electron chi connectivity index (χ0n) is 10.8. The highest BCUT2D eigenvalue weighted by atomic mass is 79.9. The predicted molar refractivity (Wildman–Crippen MR) is 76.8 cm³/mol. The minimum atomic E-state index is -3.42. The predicted octanol–water partition coefficient (Wildman–Crippen LogP) is 1.77. The fourth-order valence-electron chi connectivity index (χ4n) is 2.22. The number of aromatic nitrogens is 1. The molecule has 104 valence electrons. The minimum absolute atomic E-state index is 0.393. The van der Waals surface area contributed by atoms with Gasteiger partial charge in [0.25, 0.3) is 0 Å². The van der Waals surface area contributed by atoms with Crippen LogP contribution < -0.4 is 4.90 Å². The summed E-state index contributed by atoms with van der Waals surface area (Å²) < 4.78 is 23.3. The maximum atomic E-state index is 12.5. The van der Waals surface area contributed by atoms with Crippen molar-refractivity contribution in [3.8, 4) is 0 Å². The number of sulfone groups is 1. The van der Waals surface area contributed by atoms with Crippen LogP contribution in [0.5, 0.6) is 0 Å². The van der Waals surface area contributed by atoms with Crippen LogP contribution >= 0.6 is 15.9 Å². The summed E-state index contributed by atoms with van der Waals surface area (Å²) in [6, 6.07) is 3.44. The number of hydrogen-bond acceptors (Lipinski definition) is 4. The summed E-state index contributed by atoms with van der Waals surface area (Å²) in [6.45, 7) is 0. The molecular weight excluding hydrogens is 332 g/mol. The smallest absolute Gasteiger partial charge is 0.249 e. The highest BCUT2D eigenvalue weighted by Crippen LogP contribution is 2.40. The van der Waals surface area contributed by atoms with Gasteiger partial charge in [0.1, 0.15) is 5.82 Å². The molecule has 0 bridgehead atoms. The maximum Gasteiger partial charge on any atom is 0.249 e. The molecule has 5 nitrogen and oxygen atoms in total. The summed E-state index contributed by atoms with van der Waals surface area (Å²) in [5, 5.41) is 0. The molecule has 1 aliphatic rings. The van der Waals surface area contributed by atoms with Gasteiger partial charge in [-0.1, -0.05) is 0 Å². The average Bonchev–Trinajstić information content (AvgIpc) is 2.25. The Morgan fingerprint density at radius 1 is 1.42 bits per heavy atom. The van der Waals surface area contributed by atoms with E-state index in [0.717, 1.165) is 17.1 Å². The molecule has 0 saturated heterocycles. The van der Waals surface area contributed by atoms with Crippen molar-refractivity contribution < 1.29 is 13.2 Å². The molecule has 7 heteroatoms. The molecule has 0 atom stereocenters. The van der Waals surface area contributed by atoms with Gasteiger partial charge in [0.05, 0.1) is 0 Å². The normalized spacial score (nSPS) is 17.6. The van der Waals surface area contributed by atoms with E-state index < -0.39 is 20.5 Å². The second kappa shape index (κ2) is 4.86. The van der Waals surface area contributed by atoms with Gasteiger partial charge in [0.2, 0.25) is 5.91 Å². The number of amides is 1. The van der Waals surface area contributed by atoms with E-state index in [2.05, 4.69) is 20.9 Å². The van der Waals surface area contributed by atoms with Crippen LogP contribution in [0.3, 0.4) is 0 Å². The quantitative estimate of drug-likeness (QED) is 0.836. The Morgan fingerprint density at radius 3 is 2.42 bits per heavy atom. The lowest BCUT2D eigenvalue weighted by atomic mass is 9.83. The van der Waals surface area contributed by atoms with E-state index in [1.807, 2.05) is 0 Å². The van der Waals surface area contributed by atoms with Crippen molar-refractivity contribution in [3.63, 3.8) is 0 Å². The molecule has 1 saturated carbocycles. The molecule has 0 aliphatic heterocycles. The second-order valence-corrected chi connectivity index (χ2v) is 8.06. The summed E-state index contributed by atoms with van der Waals surface area (Å²) >= 11 is 3.27. The second-order valence-electron chi connectivity index (χ2n) is 4.82. The zero-order chi connectivity index (χ0) is 14.3. The summed E-state index contributed by atoms with van der Waals surface area (Å²) in [5.41, 5.74) is 0. The maximum absolute atomic E-state index is 12.5. The number of carbonyl (C=O) groups excluding carboxylic acids is 1. The van der Waals surface area contributed by atoms with Crippen LogP contribution in [0.2, 0.25) is 0 Å². The molecule has 0 spiro atoms. The van der Waals surface area contributed by atoms with Gasteiger partial charge < -0.3 is 0 Å². The lowest BCUT2D eigenvalue weighted by molar-refractivity contribution is -0.122. The number of carbonyl (C=O) groups is 1. The van der Waals surface area contributed by atoms with Crippen molar-refractivity contribution in [2.75, 3.05) is 18.2 Å². The van der Waals surface area contributed by atoms with Crippen LogP contribution in [-0.4, -0.2) is 37.4 Å². The number of rotatable bonds is 3. The molecular formula is C12H15BrN2O3S. The fourth-order valence-corrected chi connectivity index (χ4v) is 3.94. The van der Waals surface area contributed by atoms with Crippen LogP contribution in [0.25, 0.3) is 0 Å². The van der Waals surface area contributed by atoms with Gasteiger partial charge in [0, 0.05) is 24.0 Å². The van der Waals surface area contributed by atoms with Crippen molar-refractivity contribution in [1.29, 1.82) is 0 Å². The monoisotopic (exact) mass is 346 g/mol. The van der Waals surface area contributed by atoms with E-state index in [9.17, 15) is 13.2 Å². The molecule has 1 amide bonds. The third-order valence-corrected chi connectivity index (χ3v) is 6.09. The van der Waals surface area contributed by atoms with Crippen molar-refractivity contribution in [3.05, 3.63) is 22.8 Å². The van der Waals surface area contributed by atoms with E-state index >= 15 is 0 Å². The summed E-state index contributed by atoms with van der Waals surface area (Å²) in [5.74, 6) is 0.0548. The van der Waals surface area contributed by atoms with Gasteiger partial charge in [-0.05, 0) is 47.3 Å².